The first-order chi connectivity index (χ1) is 14.7. The van der Waals surface area contributed by atoms with Gasteiger partial charge in [-0.1, -0.05) is 67.1 Å². The van der Waals surface area contributed by atoms with Gasteiger partial charge in [0.05, 0.1) is 6.07 Å². The fraction of sp³-hybridized carbons (Fsp3) is 0.333. The Morgan fingerprint density at radius 3 is 2.83 bits per heavy atom. The van der Waals surface area contributed by atoms with Crippen LogP contribution in [0.1, 0.15) is 43.7 Å². The molecule has 3 atom stereocenters. The first kappa shape index (κ1) is 20.0. The number of nitriles is 2. The van der Waals surface area contributed by atoms with Crippen LogP contribution in [0.15, 0.2) is 77.6 Å². The monoisotopic (exact) mass is 393 g/mol. The number of nitrogens with one attached hydrogen (secondary N) is 1. The summed E-state index contributed by atoms with van der Waals surface area (Å²) in [5.74, 6) is 1.26. The molecule has 0 saturated carbocycles. The number of allylic oxidation sites excluding steroid dienone is 9. The van der Waals surface area contributed by atoms with E-state index in [1.807, 2.05) is 12.1 Å². The zero-order valence-corrected chi connectivity index (χ0v) is 17.4. The van der Waals surface area contributed by atoms with Crippen LogP contribution in [0.3, 0.4) is 0 Å². The Kier molecular flexibility index (Phi) is 6.01. The van der Waals surface area contributed by atoms with E-state index in [1.165, 1.54) is 30.4 Å². The van der Waals surface area contributed by atoms with E-state index in [0.29, 0.717) is 17.5 Å². The van der Waals surface area contributed by atoms with Crippen LogP contribution in [-0.4, -0.2) is 6.04 Å². The number of nitrogens with zero attached hydrogens (tertiary/aromatic N) is 2. The number of dihydropyridines is 1. The highest BCUT2D eigenvalue weighted by Gasteiger charge is 2.25. The molecule has 3 unspecified atom stereocenters. The van der Waals surface area contributed by atoms with E-state index in [0.717, 1.165) is 24.0 Å². The molecule has 1 aliphatic heterocycles. The van der Waals surface area contributed by atoms with Crippen molar-refractivity contribution in [3.8, 4) is 12.1 Å². The first-order valence-electron chi connectivity index (χ1n) is 10.8. The van der Waals surface area contributed by atoms with Gasteiger partial charge in [0, 0.05) is 0 Å². The van der Waals surface area contributed by atoms with E-state index >= 15 is 0 Å². The molecule has 4 rings (SSSR count). The second kappa shape index (κ2) is 9.02. The summed E-state index contributed by atoms with van der Waals surface area (Å²) in [7, 11) is 0. The van der Waals surface area contributed by atoms with Gasteiger partial charge >= 0.3 is 0 Å². The van der Waals surface area contributed by atoms with Gasteiger partial charge in [-0.25, -0.2) is 0 Å². The molecule has 30 heavy (non-hydrogen) atoms. The average Bonchev–Trinajstić information content (AvgIpc) is 2.79. The minimum absolute atomic E-state index is 0.430. The summed E-state index contributed by atoms with van der Waals surface area (Å²) in [5, 5.41) is 21.7. The Balaban J connectivity index is 1.63. The van der Waals surface area contributed by atoms with Crippen molar-refractivity contribution in [3.63, 3.8) is 0 Å². The van der Waals surface area contributed by atoms with Crippen LogP contribution in [0.25, 0.3) is 5.57 Å². The predicted molar refractivity (Wildman–Crippen MR) is 121 cm³/mol. The van der Waals surface area contributed by atoms with Gasteiger partial charge in [-0.15, -0.1) is 0 Å². The van der Waals surface area contributed by atoms with E-state index in [1.54, 1.807) is 11.6 Å². The van der Waals surface area contributed by atoms with Crippen LogP contribution >= 0.6 is 0 Å². The van der Waals surface area contributed by atoms with E-state index in [2.05, 4.69) is 66.9 Å². The number of hydrogen-bond acceptors (Lipinski definition) is 3. The Morgan fingerprint density at radius 2 is 2.03 bits per heavy atom. The minimum atomic E-state index is -0.501. The normalized spacial score (nSPS) is 25.6. The molecule has 1 heterocycles. The Labute approximate surface area is 179 Å². The van der Waals surface area contributed by atoms with Crippen molar-refractivity contribution in [1.29, 1.82) is 10.5 Å². The standard InChI is InChI=1S/C27H27N3/c1-19-7-2-4-11-24(19)25-12-5-3-9-21(25)15-20-8-6-10-22(16-20)26-14-13-23(17-28)30-27(26)18-29/h2-3,6-10,13-14,16,19,24,27,30H,4-5,11-12,15H2,1H3. The summed E-state index contributed by atoms with van der Waals surface area (Å²) in [6.07, 6.45) is 18.6. The lowest BCUT2D eigenvalue weighted by Crippen LogP contribution is -2.30. The predicted octanol–water partition coefficient (Wildman–Crippen LogP) is 5.76. The van der Waals surface area contributed by atoms with Gasteiger partial charge in [-0.2, -0.15) is 10.5 Å². The van der Waals surface area contributed by atoms with Crippen molar-refractivity contribution >= 4 is 5.57 Å². The maximum Gasteiger partial charge on any atom is 0.141 e. The summed E-state index contributed by atoms with van der Waals surface area (Å²) in [6.45, 7) is 2.34. The molecule has 0 bridgehead atoms. The Morgan fingerprint density at radius 1 is 1.13 bits per heavy atom. The molecular weight excluding hydrogens is 366 g/mol. The molecular formula is C27H27N3. The van der Waals surface area contributed by atoms with Gasteiger partial charge in [0.2, 0.25) is 0 Å². The largest absolute Gasteiger partial charge is 0.358 e. The molecule has 0 amide bonds. The maximum atomic E-state index is 9.56. The summed E-state index contributed by atoms with van der Waals surface area (Å²) in [4.78, 5) is 0. The van der Waals surface area contributed by atoms with Gasteiger partial charge in [0.15, 0.2) is 0 Å². The molecule has 0 saturated heterocycles. The van der Waals surface area contributed by atoms with Crippen molar-refractivity contribution in [1.82, 2.24) is 5.32 Å². The minimum Gasteiger partial charge on any atom is -0.358 e. The maximum absolute atomic E-state index is 9.56. The van der Waals surface area contributed by atoms with Crippen LogP contribution in [0.5, 0.6) is 0 Å². The van der Waals surface area contributed by atoms with E-state index in [-0.39, 0.29) is 0 Å². The zero-order valence-electron chi connectivity index (χ0n) is 17.4. The molecule has 150 valence electrons. The average molecular weight is 394 g/mol. The molecule has 3 aliphatic rings. The highest BCUT2D eigenvalue weighted by atomic mass is 14.9. The molecule has 3 nitrogen and oxygen atoms in total. The van der Waals surface area contributed by atoms with E-state index in [9.17, 15) is 5.26 Å². The van der Waals surface area contributed by atoms with Gasteiger partial charge < -0.3 is 5.32 Å². The summed E-state index contributed by atoms with van der Waals surface area (Å²) in [5.41, 5.74) is 6.74. The summed E-state index contributed by atoms with van der Waals surface area (Å²) in [6, 6.07) is 12.3. The van der Waals surface area contributed by atoms with Crippen molar-refractivity contribution in [3.05, 3.63) is 88.7 Å². The quantitative estimate of drug-likeness (QED) is 0.661. The van der Waals surface area contributed by atoms with Crippen LogP contribution in [0.2, 0.25) is 0 Å². The first-order valence-corrected chi connectivity index (χ1v) is 10.8. The van der Waals surface area contributed by atoms with Gasteiger partial charge in [-0.05, 0) is 72.3 Å². The number of hydrogen-bond donors (Lipinski definition) is 1. The van der Waals surface area contributed by atoms with Crippen LogP contribution in [-0.2, 0) is 6.42 Å². The van der Waals surface area contributed by atoms with E-state index in [4.69, 9.17) is 5.26 Å². The lowest BCUT2D eigenvalue weighted by molar-refractivity contribution is 0.421. The van der Waals surface area contributed by atoms with Crippen LogP contribution in [0, 0.1) is 34.5 Å². The van der Waals surface area contributed by atoms with Crippen molar-refractivity contribution in [2.45, 2.75) is 45.1 Å². The molecule has 1 aromatic carbocycles. The third-order valence-corrected chi connectivity index (χ3v) is 6.42. The summed E-state index contributed by atoms with van der Waals surface area (Å²) >= 11 is 0. The topological polar surface area (TPSA) is 59.6 Å². The smallest absolute Gasteiger partial charge is 0.141 e. The fourth-order valence-corrected chi connectivity index (χ4v) is 4.87. The third kappa shape index (κ3) is 4.17. The third-order valence-electron chi connectivity index (χ3n) is 6.42. The second-order valence-electron chi connectivity index (χ2n) is 8.36. The van der Waals surface area contributed by atoms with Gasteiger partial charge in [0.25, 0.3) is 0 Å². The molecule has 0 radical (unpaired) electrons. The molecule has 3 heteroatoms. The van der Waals surface area contributed by atoms with E-state index < -0.39 is 6.04 Å². The number of benzene rings is 1. The van der Waals surface area contributed by atoms with Crippen LogP contribution < -0.4 is 5.32 Å². The fourth-order valence-electron chi connectivity index (χ4n) is 4.87. The number of rotatable bonds is 4. The van der Waals surface area contributed by atoms with Crippen molar-refractivity contribution in [2.75, 3.05) is 0 Å². The molecule has 0 aromatic heterocycles. The SMILES string of the molecule is CC1C=CCCC1C1=C(Cc2cccc(C3=CC=C(C#N)NC3C#N)c2)C=CCC1. The second-order valence-corrected chi connectivity index (χ2v) is 8.36. The highest BCUT2D eigenvalue weighted by molar-refractivity contribution is 5.75. The zero-order chi connectivity index (χ0) is 20.9. The van der Waals surface area contributed by atoms with Crippen molar-refractivity contribution in [2.24, 2.45) is 11.8 Å². The van der Waals surface area contributed by atoms with Gasteiger partial charge in [-0.3, -0.25) is 0 Å². The van der Waals surface area contributed by atoms with Crippen molar-refractivity contribution < 1.29 is 0 Å². The molecule has 1 aromatic rings. The van der Waals surface area contributed by atoms with Crippen LogP contribution in [0.4, 0.5) is 0 Å². The summed E-state index contributed by atoms with van der Waals surface area (Å²) < 4.78 is 0. The lowest BCUT2D eigenvalue weighted by atomic mass is 9.74. The van der Waals surface area contributed by atoms with Gasteiger partial charge in [0.1, 0.15) is 17.8 Å². The Hall–Kier alpha value is -3.30. The lowest BCUT2D eigenvalue weighted by Gasteiger charge is -2.31. The molecule has 0 fully saturated rings. The molecule has 2 aliphatic carbocycles. The Bertz CT molecular complexity index is 1050. The highest BCUT2D eigenvalue weighted by Crippen LogP contribution is 2.38. The molecule has 1 N–H and O–H groups in total. The molecule has 0 spiro atoms.